The lowest BCUT2D eigenvalue weighted by Crippen LogP contribution is -2.46. The Morgan fingerprint density at radius 1 is 0.846 bits per heavy atom. The largest absolute Gasteiger partial charge is 0.507 e. The third-order valence-corrected chi connectivity index (χ3v) is 4.57. The average molecular weight is 354 g/mol. The van der Waals surface area contributed by atoms with E-state index in [2.05, 4.69) is 0 Å². The van der Waals surface area contributed by atoms with E-state index < -0.39 is 5.97 Å². The van der Waals surface area contributed by atoms with Crippen LogP contribution in [0.1, 0.15) is 11.1 Å². The van der Waals surface area contributed by atoms with Crippen molar-refractivity contribution < 1.29 is 29.2 Å². The second-order valence-corrected chi connectivity index (χ2v) is 5.90. The summed E-state index contributed by atoms with van der Waals surface area (Å²) in [6.45, 7) is 0.0300. The molecule has 0 spiro atoms. The summed E-state index contributed by atoms with van der Waals surface area (Å²) in [6.07, 6.45) is 0. The summed E-state index contributed by atoms with van der Waals surface area (Å²) in [5.41, 5.74) is 1.51. The zero-order chi connectivity index (χ0) is 18.3. The molecule has 0 aliphatic carbocycles. The first-order valence-electron chi connectivity index (χ1n) is 8.08. The van der Waals surface area contributed by atoms with E-state index in [-0.39, 0.29) is 23.7 Å². The van der Waals surface area contributed by atoms with Crippen molar-refractivity contribution >= 4 is 11.5 Å². The third kappa shape index (κ3) is 2.27. The van der Waals surface area contributed by atoms with Crippen LogP contribution in [0.3, 0.4) is 0 Å². The second kappa shape index (κ2) is 6.09. The summed E-state index contributed by atoms with van der Waals surface area (Å²) in [5.74, 6) is -0.854. The van der Waals surface area contributed by atoms with E-state index in [4.69, 9.17) is 18.9 Å². The van der Waals surface area contributed by atoms with Gasteiger partial charge in [-0.2, -0.15) is 0 Å². The number of para-hydroxylation sites is 2. The molecule has 0 aromatic heterocycles. The zero-order valence-electron chi connectivity index (χ0n) is 14.4. The number of benzene rings is 2. The molecular weight excluding hydrogens is 336 g/mol. The molecule has 2 N–H and O–H groups in total. The van der Waals surface area contributed by atoms with Gasteiger partial charge < -0.3 is 29.2 Å². The fourth-order valence-electron chi connectivity index (χ4n) is 3.28. The van der Waals surface area contributed by atoms with Gasteiger partial charge in [-0.15, -0.1) is 0 Å². The van der Waals surface area contributed by atoms with Crippen molar-refractivity contribution in [2.45, 2.75) is 5.97 Å². The molecule has 2 aromatic carbocycles. The number of ether oxygens (including phenoxy) is 4. The fourth-order valence-corrected chi connectivity index (χ4v) is 3.28. The van der Waals surface area contributed by atoms with E-state index in [0.717, 1.165) is 0 Å². The molecule has 0 saturated carbocycles. The summed E-state index contributed by atoms with van der Waals surface area (Å²) in [6, 6.07) is 14.1. The zero-order valence-corrected chi connectivity index (χ0v) is 14.4. The normalized spacial score (nSPS) is 17.9. The molecule has 4 rings (SSSR count). The van der Waals surface area contributed by atoms with Crippen LogP contribution >= 0.6 is 0 Å². The van der Waals surface area contributed by atoms with Crippen molar-refractivity contribution in [2.24, 2.45) is 0 Å². The molecule has 6 heteroatoms. The van der Waals surface area contributed by atoms with Crippen LogP contribution < -0.4 is 9.47 Å². The Balaban J connectivity index is 1.98. The smallest absolute Gasteiger partial charge is 0.360 e. The highest BCUT2D eigenvalue weighted by Gasteiger charge is 2.48. The lowest BCUT2D eigenvalue weighted by atomic mass is 9.92. The number of fused-ring (bicyclic) bond motifs is 2. The average Bonchev–Trinajstić information content (AvgIpc) is 2.69. The first kappa shape index (κ1) is 16.5. The number of aliphatic hydroxyl groups is 2. The van der Waals surface area contributed by atoms with Gasteiger partial charge in [-0.05, 0) is 24.3 Å². The maximum Gasteiger partial charge on any atom is 0.360 e. The molecule has 2 aliphatic rings. The Labute approximate surface area is 150 Å². The van der Waals surface area contributed by atoms with Crippen molar-refractivity contribution in [3.8, 4) is 11.5 Å². The van der Waals surface area contributed by atoms with Crippen LogP contribution in [0.5, 0.6) is 11.5 Å². The Kier molecular flexibility index (Phi) is 3.86. The van der Waals surface area contributed by atoms with Crippen molar-refractivity contribution in [3.05, 3.63) is 70.8 Å². The summed E-state index contributed by atoms with van der Waals surface area (Å²) in [7, 11) is 2.81. The van der Waals surface area contributed by atoms with Gasteiger partial charge >= 0.3 is 5.97 Å². The molecule has 0 amide bonds. The van der Waals surface area contributed by atoms with Gasteiger partial charge in [0.25, 0.3) is 0 Å². The topological polar surface area (TPSA) is 77.4 Å². The monoisotopic (exact) mass is 354 g/mol. The minimum Gasteiger partial charge on any atom is -0.507 e. The van der Waals surface area contributed by atoms with Crippen molar-refractivity contribution in [3.63, 3.8) is 0 Å². The number of methoxy groups -OCH3 is 2. The van der Waals surface area contributed by atoms with Crippen molar-refractivity contribution in [1.29, 1.82) is 0 Å². The summed E-state index contributed by atoms with van der Waals surface area (Å²) in [4.78, 5) is 0. The van der Waals surface area contributed by atoms with Crippen LogP contribution in [0, 0.1) is 0 Å². The maximum absolute atomic E-state index is 11.0. The lowest BCUT2D eigenvalue weighted by molar-refractivity contribution is -0.295. The van der Waals surface area contributed by atoms with Gasteiger partial charge in [-0.1, -0.05) is 24.3 Å². The van der Waals surface area contributed by atoms with Crippen LogP contribution in [-0.4, -0.2) is 37.0 Å². The minimum absolute atomic E-state index is 0.0187. The standard InChI is InChI=1S/C20H18O6/c1-23-20(24-2)17(19(22)13-8-4-6-10-16(13)26-20)14-11-25-15-9-5-3-7-12(15)18(14)21/h3-10,21-22H,11H2,1-2H3. The molecule has 0 unspecified atom stereocenters. The van der Waals surface area contributed by atoms with Crippen LogP contribution in [0.25, 0.3) is 11.5 Å². The summed E-state index contributed by atoms with van der Waals surface area (Å²) in [5, 5.41) is 21.8. The van der Waals surface area contributed by atoms with Gasteiger partial charge in [0, 0.05) is 19.8 Å². The minimum atomic E-state index is -1.71. The Hall–Kier alpha value is -2.96. The summed E-state index contributed by atoms with van der Waals surface area (Å²) < 4.78 is 22.7. The van der Waals surface area contributed by atoms with E-state index >= 15 is 0 Å². The Morgan fingerprint density at radius 2 is 1.42 bits per heavy atom. The highest BCUT2D eigenvalue weighted by molar-refractivity contribution is 5.81. The van der Waals surface area contributed by atoms with Gasteiger partial charge in [0.15, 0.2) is 0 Å². The first-order valence-corrected chi connectivity index (χ1v) is 8.08. The van der Waals surface area contributed by atoms with Gasteiger partial charge in [0.1, 0.15) is 35.2 Å². The molecule has 0 fully saturated rings. The van der Waals surface area contributed by atoms with E-state index in [1.165, 1.54) is 14.2 Å². The fraction of sp³-hybridized carbons (Fsp3) is 0.200. The van der Waals surface area contributed by atoms with Crippen molar-refractivity contribution in [2.75, 3.05) is 20.8 Å². The Bertz CT molecular complexity index is 923. The third-order valence-electron chi connectivity index (χ3n) is 4.57. The van der Waals surface area contributed by atoms with Gasteiger partial charge in [-0.3, -0.25) is 0 Å². The highest BCUT2D eigenvalue weighted by atomic mass is 16.9. The SMILES string of the molecule is COC1(OC)Oc2ccccc2C(O)=C1C1=C(O)c2ccccc2OC1. The molecular formula is C20H18O6. The summed E-state index contributed by atoms with van der Waals surface area (Å²) >= 11 is 0. The molecule has 6 nitrogen and oxygen atoms in total. The second-order valence-electron chi connectivity index (χ2n) is 5.90. The van der Waals surface area contributed by atoms with Crippen LogP contribution in [-0.2, 0) is 9.47 Å². The van der Waals surface area contributed by atoms with Crippen LogP contribution in [0.15, 0.2) is 59.7 Å². The maximum atomic E-state index is 11.0. The van der Waals surface area contributed by atoms with Gasteiger partial charge in [0.2, 0.25) is 0 Å². The number of hydrogen-bond donors (Lipinski definition) is 2. The molecule has 0 atom stereocenters. The van der Waals surface area contributed by atoms with Crippen LogP contribution in [0.2, 0.25) is 0 Å². The molecule has 0 radical (unpaired) electrons. The molecule has 0 bridgehead atoms. The first-order chi connectivity index (χ1) is 12.6. The molecule has 2 heterocycles. The lowest BCUT2D eigenvalue weighted by Gasteiger charge is -2.38. The molecule has 26 heavy (non-hydrogen) atoms. The Morgan fingerprint density at radius 3 is 2.08 bits per heavy atom. The molecule has 0 saturated heterocycles. The number of rotatable bonds is 3. The highest BCUT2D eigenvalue weighted by Crippen LogP contribution is 2.46. The number of hydrogen-bond acceptors (Lipinski definition) is 6. The van der Waals surface area contributed by atoms with Gasteiger partial charge in [0.05, 0.1) is 11.1 Å². The van der Waals surface area contributed by atoms with Crippen LogP contribution in [0.4, 0.5) is 0 Å². The predicted molar refractivity (Wildman–Crippen MR) is 94.9 cm³/mol. The molecule has 2 aliphatic heterocycles. The van der Waals surface area contributed by atoms with E-state index in [1.54, 1.807) is 42.5 Å². The van der Waals surface area contributed by atoms with Gasteiger partial charge in [-0.25, -0.2) is 0 Å². The van der Waals surface area contributed by atoms with E-state index in [0.29, 0.717) is 28.2 Å². The van der Waals surface area contributed by atoms with E-state index in [1.807, 2.05) is 6.07 Å². The molecule has 134 valence electrons. The predicted octanol–water partition coefficient (Wildman–Crippen LogP) is 3.66. The molecule has 2 aromatic rings. The quantitative estimate of drug-likeness (QED) is 0.819. The van der Waals surface area contributed by atoms with E-state index in [9.17, 15) is 10.2 Å². The van der Waals surface area contributed by atoms with Crippen molar-refractivity contribution in [1.82, 2.24) is 0 Å². The number of aliphatic hydroxyl groups excluding tert-OH is 2.